The summed E-state index contributed by atoms with van der Waals surface area (Å²) < 4.78 is 4.28. The third-order valence-electron chi connectivity index (χ3n) is 6.88. The van der Waals surface area contributed by atoms with Crippen LogP contribution in [0.5, 0.6) is 0 Å². The second-order valence-electron chi connectivity index (χ2n) is 9.19. The molecule has 0 amide bonds. The minimum absolute atomic E-state index is 0.0897. The topological polar surface area (TPSA) is 86.1 Å². The van der Waals surface area contributed by atoms with Gasteiger partial charge in [-0.05, 0) is 50.0 Å². The van der Waals surface area contributed by atoms with Gasteiger partial charge in [0.05, 0.1) is 47.4 Å². The van der Waals surface area contributed by atoms with E-state index < -0.39 is 6.10 Å². The molecule has 6 rings (SSSR count). The lowest BCUT2D eigenvalue weighted by Gasteiger charge is -2.22. The molecule has 1 fully saturated rings. The molecular formula is C26H25N7O. The van der Waals surface area contributed by atoms with Crippen LogP contribution in [-0.4, -0.2) is 68.4 Å². The van der Waals surface area contributed by atoms with Gasteiger partial charge in [0, 0.05) is 37.2 Å². The van der Waals surface area contributed by atoms with E-state index in [-0.39, 0.29) is 6.04 Å². The van der Waals surface area contributed by atoms with Gasteiger partial charge in [-0.1, -0.05) is 12.1 Å². The van der Waals surface area contributed by atoms with E-state index in [9.17, 15) is 5.11 Å². The minimum atomic E-state index is -0.401. The van der Waals surface area contributed by atoms with Crippen LogP contribution in [0.4, 0.5) is 5.82 Å². The maximum atomic E-state index is 10.5. The number of likely N-dealkylation sites (N-methyl/N-ethyl adjacent to an activating group) is 1. The first-order valence-corrected chi connectivity index (χ1v) is 11.4. The smallest absolute Gasteiger partial charge is 0.161 e. The SMILES string of the molecule is CN(C)[C@@H]1CN(c2ccc3c(n2)Cn2cc(-c4ccc(C#N)cc4)cc2-c2nccn2-3)C[C@H]1O. The molecule has 0 bridgehead atoms. The number of aromatic nitrogens is 4. The Morgan fingerprint density at radius 1 is 1.09 bits per heavy atom. The molecule has 8 heteroatoms. The fourth-order valence-corrected chi connectivity index (χ4v) is 5.03. The van der Waals surface area contributed by atoms with Gasteiger partial charge in [-0.3, -0.25) is 4.57 Å². The maximum absolute atomic E-state index is 10.5. The molecule has 2 aliphatic heterocycles. The lowest BCUT2D eigenvalue weighted by Crippen LogP contribution is -2.38. The number of aliphatic hydroxyl groups is 1. The van der Waals surface area contributed by atoms with Crippen LogP contribution in [0, 0.1) is 11.3 Å². The number of pyridine rings is 1. The number of hydrogen-bond donors (Lipinski definition) is 1. The molecule has 0 radical (unpaired) electrons. The highest BCUT2D eigenvalue weighted by atomic mass is 16.3. The van der Waals surface area contributed by atoms with Gasteiger partial charge < -0.3 is 19.5 Å². The Morgan fingerprint density at radius 3 is 2.65 bits per heavy atom. The van der Waals surface area contributed by atoms with E-state index in [0.29, 0.717) is 18.7 Å². The molecule has 4 aromatic rings. The summed E-state index contributed by atoms with van der Waals surface area (Å²) in [4.78, 5) is 13.9. The van der Waals surface area contributed by atoms with Crippen molar-refractivity contribution in [3.63, 3.8) is 0 Å². The zero-order chi connectivity index (χ0) is 23.4. The van der Waals surface area contributed by atoms with Crippen molar-refractivity contribution in [2.24, 2.45) is 0 Å². The molecule has 2 aliphatic rings. The van der Waals surface area contributed by atoms with Crippen LogP contribution in [0.3, 0.4) is 0 Å². The monoisotopic (exact) mass is 451 g/mol. The van der Waals surface area contributed by atoms with E-state index in [2.05, 4.69) is 48.3 Å². The van der Waals surface area contributed by atoms with Crippen molar-refractivity contribution in [2.75, 3.05) is 32.1 Å². The first-order valence-electron chi connectivity index (χ1n) is 11.4. The van der Waals surface area contributed by atoms with Gasteiger partial charge in [0.25, 0.3) is 0 Å². The summed E-state index contributed by atoms with van der Waals surface area (Å²) in [6.45, 7) is 1.93. The standard InChI is InChI=1S/C26H25N7O/c1-30(2)23-15-32(16-24(23)34)25-8-7-21-20(29-25)14-31-13-19(18-5-3-17(12-27)4-6-18)11-22(31)26-28-9-10-33(21)26/h3-11,13,23-24,34H,14-16H2,1-2H3/t23-,24-/m1/s1. The van der Waals surface area contributed by atoms with E-state index in [1.54, 1.807) is 0 Å². The molecule has 34 heavy (non-hydrogen) atoms. The number of imidazole rings is 1. The van der Waals surface area contributed by atoms with Gasteiger partial charge in [0.15, 0.2) is 5.82 Å². The molecule has 5 heterocycles. The third-order valence-corrected chi connectivity index (χ3v) is 6.88. The zero-order valence-corrected chi connectivity index (χ0v) is 19.1. The molecule has 170 valence electrons. The summed E-state index contributed by atoms with van der Waals surface area (Å²) in [6, 6.07) is 16.2. The fourth-order valence-electron chi connectivity index (χ4n) is 5.03. The summed E-state index contributed by atoms with van der Waals surface area (Å²) in [5.74, 6) is 1.75. The highest BCUT2D eigenvalue weighted by molar-refractivity contribution is 5.72. The van der Waals surface area contributed by atoms with Crippen molar-refractivity contribution < 1.29 is 5.11 Å². The van der Waals surface area contributed by atoms with Gasteiger partial charge in [0.2, 0.25) is 0 Å². The Balaban J connectivity index is 1.40. The molecule has 0 aliphatic carbocycles. The van der Waals surface area contributed by atoms with Gasteiger partial charge >= 0.3 is 0 Å². The second-order valence-corrected chi connectivity index (χ2v) is 9.19. The number of fused-ring (bicyclic) bond motifs is 5. The Hall–Kier alpha value is -3.93. The number of nitrogens with zero attached hydrogens (tertiary/aromatic N) is 7. The van der Waals surface area contributed by atoms with Crippen molar-refractivity contribution in [3.8, 4) is 34.4 Å². The summed E-state index contributed by atoms with van der Waals surface area (Å²) >= 11 is 0. The predicted octanol–water partition coefficient (Wildman–Crippen LogP) is 2.75. The molecule has 2 atom stereocenters. The fraction of sp³-hybridized carbons (Fsp3) is 0.269. The molecule has 0 spiro atoms. The summed E-state index contributed by atoms with van der Waals surface area (Å²) in [6.07, 6.45) is 5.51. The van der Waals surface area contributed by atoms with Crippen molar-refractivity contribution in [1.29, 1.82) is 5.26 Å². The van der Waals surface area contributed by atoms with Gasteiger partial charge in [-0.25, -0.2) is 9.97 Å². The van der Waals surface area contributed by atoms with Gasteiger partial charge in [0.1, 0.15) is 5.82 Å². The Bertz CT molecular complexity index is 1410. The lowest BCUT2D eigenvalue weighted by molar-refractivity contribution is 0.114. The van der Waals surface area contributed by atoms with E-state index in [4.69, 9.17) is 10.2 Å². The Labute approximate surface area is 197 Å². The normalized spacial score (nSPS) is 18.9. The van der Waals surface area contributed by atoms with E-state index in [0.717, 1.165) is 46.4 Å². The van der Waals surface area contributed by atoms with Crippen LogP contribution in [0.1, 0.15) is 11.3 Å². The molecule has 1 N–H and O–H groups in total. The van der Waals surface area contributed by atoms with Crippen LogP contribution in [-0.2, 0) is 6.54 Å². The maximum Gasteiger partial charge on any atom is 0.161 e. The highest BCUT2D eigenvalue weighted by Gasteiger charge is 2.34. The molecule has 0 saturated carbocycles. The zero-order valence-electron chi connectivity index (χ0n) is 19.1. The van der Waals surface area contributed by atoms with Crippen LogP contribution in [0.15, 0.2) is 61.1 Å². The minimum Gasteiger partial charge on any atom is -0.390 e. The van der Waals surface area contributed by atoms with Crippen molar-refractivity contribution in [1.82, 2.24) is 24.0 Å². The van der Waals surface area contributed by atoms with Crippen LogP contribution in [0.25, 0.3) is 28.3 Å². The number of aliphatic hydroxyl groups excluding tert-OH is 1. The number of hydrogen-bond acceptors (Lipinski definition) is 6. The third kappa shape index (κ3) is 3.29. The Kier molecular flexibility index (Phi) is 4.76. The summed E-state index contributed by atoms with van der Waals surface area (Å²) in [7, 11) is 4.00. The second kappa shape index (κ2) is 7.83. The molecule has 8 nitrogen and oxygen atoms in total. The Morgan fingerprint density at radius 2 is 1.91 bits per heavy atom. The average molecular weight is 452 g/mol. The quantitative estimate of drug-likeness (QED) is 0.454. The number of benzene rings is 1. The highest BCUT2D eigenvalue weighted by Crippen LogP contribution is 2.34. The van der Waals surface area contributed by atoms with Crippen LogP contribution >= 0.6 is 0 Å². The summed E-state index contributed by atoms with van der Waals surface area (Å²) in [5, 5.41) is 19.6. The molecular weight excluding hydrogens is 426 g/mol. The van der Waals surface area contributed by atoms with Gasteiger partial charge in [-0.2, -0.15) is 5.26 Å². The number of β-amino-alcohol motifs (C(OH)–C–C–N with tert-alkyl or cyclic N) is 1. The van der Waals surface area contributed by atoms with E-state index in [1.807, 2.05) is 56.8 Å². The number of nitriles is 1. The van der Waals surface area contributed by atoms with Crippen molar-refractivity contribution >= 4 is 5.82 Å². The molecule has 1 aromatic carbocycles. The van der Waals surface area contributed by atoms with Crippen molar-refractivity contribution in [3.05, 3.63) is 72.3 Å². The lowest BCUT2D eigenvalue weighted by atomic mass is 10.1. The average Bonchev–Trinajstić information content (AvgIpc) is 3.56. The number of anilines is 1. The molecule has 1 saturated heterocycles. The first kappa shape index (κ1) is 20.7. The summed E-state index contributed by atoms with van der Waals surface area (Å²) in [5.41, 5.74) is 5.78. The number of rotatable bonds is 3. The van der Waals surface area contributed by atoms with Crippen LogP contribution in [0.2, 0.25) is 0 Å². The van der Waals surface area contributed by atoms with E-state index in [1.165, 1.54) is 0 Å². The van der Waals surface area contributed by atoms with Gasteiger partial charge in [-0.15, -0.1) is 0 Å². The predicted molar refractivity (Wildman–Crippen MR) is 130 cm³/mol. The molecule has 3 aromatic heterocycles. The molecule has 0 unspecified atom stereocenters. The van der Waals surface area contributed by atoms with E-state index >= 15 is 0 Å². The van der Waals surface area contributed by atoms with Crippen molar-refractivity contribution in [2.45, 2.75) is 18.7 Å². The first-order chi connectivity index (χ1) is 16.5. The van der Waals surface area contributed by atoms with Crippen LogP contribution < -0.4 is 4.90 Å². The largest absolute Gasteiger partial charge is 0.390 e.